The molecule has 1 heterocycles. The van der Waals surface area contributed by atoms with Crippen LogP contribution in [0.1, 0.15) is 59.4 Å². The van der Waals surface area contributed by atoms with E-state index in [9.17, 15) is 22.4 Å². The lowest BCUT2D eigenvalue weighted by Gasteiger charge is -2.40. The molecule has 0 spiro atoms. The van der Waals surface area contributed by atoms with E-state index in [1.54, 1.807) is 17.0 Å². The zero-order valence-corrected chi connectivity index (χ0v) is 25.6. The number of hydrogen-bond acceptors (Lipinski definition) is 4. The highest BCUT2D eigenvalue weighted by atomic mass is 35.5. The fraction of sp³-hybridized carbons (Fsp3) is 0.533. The van der Waals surface area contributed by atoms with Crippen LogP contribution in [0.2, 0.25) is 5.02 Å². The fourth-order valence-corrected chi connectivity index (χ4v) is 6.53. The Hall–Kier alpha value is -2.49. The number of hydrogen-bond donors (Lipinski definition) is 0. The molecule has 0 bridgehead atoms. The summed E-state index contributed by atoms with van der Waals surface area (Å²) >= 11 is 5.97. The summed E-state index contributed by atoms with van der Waals surface area (Å²) in [6, 6.07) is 11.7. The number of sulfonamides is 1. The minimum absolute atomic E-state index is 0.0162. The predicted octanol–water partition coefficient (Wildman–Crippen LogP) is 5.58. The lowest BCUT2D eigenvalue weighted by atomic mass is 9.91. The van der Waals surface area contributed by atoms with Crippen LogP contribution in [0, 0.1) is 17.2 Å². The van der Waals surface area contributed by atoms with Gasteiger partial charge in [-0.25, -0.2) is 12.8 Å². The van der Waals surface area contributed by atoms with E-state index in [0.717, 1.165) is 5.56 Å². The van der Waals surface area contributed by atoms with Gasteiger partial charge in [-0.2, -0.15) is 4.31 Å². The van der Waals surface area contributed by atoms with Crippen molar-refractivity contribution in [1.29, 1.82) is 0 Å². The summed E-state index contributed by atoms with van der Waals surface area (Å²) in [5.74, 6) is -0.622. The molecule has 0 unspecified atom stereocenters. The maximum Gasteiger partial charge on any atom is 0.243 e. The molecule has 1 fully saturated rings. The van der Waals surface area contributed by atoms with E-state index in [1.165, 1.54) is 40.7 Å². The molecule has 0 radical (unpaired) electrons. The molecule has 0 atom stereocenters. The Kier molecular flexibility index (Phi) is 10.8. The van der Waals surface area contributed by atoms with E-state index in [0.29, 0.717) is 37.4 Å². The highest BCUT2D eigenvalue weighted by molar-refractivity contribution is 7.89. The topological polar surface area (TPSA) is 78.0 Å². The molecule has 1 aliphatic rings. The third-order valence-corrected chi connectivity index (χ3v) is 8.94. The quantitative estimate of drug-likeness (QED) is 0.360. The van der Waals surface area contributed by atoms with Gasteiger partial charge in [-0.15, -0.1) is 0 Å². The van der Waals surface area contributed by atoms with Gasteiger partial charge in [-0.05, 0) is 66.1 Å². The Balaban J connectivity index is 1.84. The molecule has 1 saturated heterocycles. The minimum Gasteiger partial charge on any atom is -0.343 e. The number of rotatable bonds is 10. The van der Waals surface area contributed by atoms with Gasteiger partial charge in [0.05, 0.1) is 11.4 Å². The standard InChI is InChI=1S/C30H41ClFN3O4S/c1-22(2)19-34(40(38,39)27-12-8-24(31)9-13-27)21-29(37)35(20-23-6-10-25(32)11-7-23)26-14-16-33(17-15-26)28(36)18-30(3,4)5/h6-13,22,26H,14-21H2,1-5H3. The number of likely N-dealkylation sites (tertiary alicyclic amines) is 1. The highest BCUT2D eigenvalue weighted by Gasteiger charge is 2.34. The van der Waals surface area contributed by atoms with Crippen LogP contribution in [0.25, 0.3) is 0 Å². The first-order valence-corrected chi connectivity index (χ1v) is 15.5. The van der Waals surface area contributed by atoms with Crippen molar-refractivity contribution in [2.45, 2.75) is 71.4 Å². The van der Waals surface area contributed by atoms with Gasteiger partial charge in [0.15, 0.2) is 0 Å². The Morgan fingerprint density at radius 2 is 1.60 bits per heavy atom. The molecule has 220 valence electrons. The molecule has 1 aliphatic heterocycles. The molecule has 0 aliphatic carbocycles. The summed E-state index contributed by atoms with van der Waals surface area (Å²) in [6.07, 6.45) is 1.61. The van der Waals surface area contributed by atoms with Crippen LogP contribution in [0.5, 0.6) is 0 Å². The first-order chi connectivity index (χ1) is 18.7. The molecule has 0 saturated carbocycles. The fourth-order valence-electron chi connectivity index (χ4n) is 4.85. The SMILES string of the molecule is CC(C)CN(CC(=O)N(Cc1ccc(F)cc1)C1CCN(C(=O)CC(C)(C)C)CC1)S(=O)(=O)c1ccc(Cl)cc1. The molecular formula is C30H41ClFN3O4S. The van der Waals surface area contributed by atoms with Crippen LogP contribution >= 0.6 is 11.6 Å². The van der Waals surface area contributed by atoms with E-state index in [-0.39, 0.29) is 59.5 Å². The maximum absolute atomic E-state index is 13.9. The second-order valence-corrected chi connectivity index (χ2v) is 14.5. The van der Waals surface area contributed by atoms with Gasteiger partial charge in [0, 0.05) is 43.7 Å². The smallest absolute Gasteiger partial charge is 0.243 e. The van der Waals surface area contributed by atoms with Crippen molar-refractivity contribution in [3.05, 3.63) is 64.9 Å². The second-order valence-electron chi connectivity index (χ2n) is 12.1. The maximum atomic E-state index is 13.9. The van der Waals surface area contributed by atoms with E-state index in [4.69, 9.17) is 11.6 Å². The number of benzene rings is 2. The molecule has 0 aromatic heterocycles. The minimum atomic E-state index is -3.96. The number of carbonyl (C=O) groups is 2. The zero-order valence-electron chi connectivity index (χ0n) is 24.1. The summed E-state index contributed by atoms with van der Waals surface area (Å²) in [7, 11) is -3.96. The zero-order chi connectivity index (χ0) is 29.7. The molecule has 10 heteroatoms. The number of amides is 2. The monoisotopic (exact) mass is 593 g/mol. The molecule has 2 aromatic rings. The molecule has 2 amide bonds. The van der Waals surface area contributed by atoms with Gasteiger partial charge in [0.1, 0.15) is 5.82 Å². The van der Waals surface area contributed by atoms with Gasteiger partial charge in [-0.1, -0.05) is 58.4 Å². The Labute approximate surface area is 243 Å². The lowest BCUT2D eigenvalue weighted by Crippen LogP contribution is -2.51. The van der Waals surface area contributed by atoms with Gasteiger partial charge in [0.25, 0.3) is 0 Å². The van der Waals surface area contributed by atoms with Crippen LogP contribution in [0.3, 0.4) is 0 Å². The summed E-state index contributed by atoms with van der Waals surface area (Å²) in [6.45, 7) is 11.0. The number of nitrogens with zero attached hydrogens (tertiary/aromatic N) is 3. The molecule has 7 nitrogen and oxygen atoms in total. The average molecular weight is 594 g/mol. The van der Waals surface area contributed by atoms with Crippen molar-refractivity contribution in [2.75, 3.05) is 26.2 Å². The largest absolute Gasteiger partial charge is 0.343 e. The summed E-state index contributed by atoms with van der Waals surface area (Å²) < 4.78 is 41.9. The van der Waals surface area contributed by atoms with Crippen molar-refractivity contribution in [3.8, 4) is 0 Å². The van der Waals surface area contributed by atoms with Gasteiger partial charge in [-0.3, -0.25) is 9.59 Å². The van der Waals surface area contributed by atoms with E-state index in [2.05, 4.69) is 0 Å². The first-order valence-electron chi connectivity index (χ1n) is 13.7. The van der Waals surface area contributed by atoms with Crippen LogP contribution in [-0.2, 0) is 26.2 Å². The number of halogens is 2. The molecule has 3 rings (SSSR count). The second kappa shape index (κ2) is 13.4. The van der Waals surface area contributed by atoms with Crippen molar-refractivity contribution in [3.63, 3.8) is 0 Å². The first kappa shape index (κ1) is 32.0. The molecular weight excluding hydrogens is 553 g/mol. The summed E-state index contributed by atoms with van der Waals surface area (Å²) in [5, 5.41) is 0.420. The van der Waals surface area contributed by atoms with E-state index in [1.807, 2.05) is 39.5 Å². The number of carbonyl (C=O) groups excluding carboxylic acids is 2. The third kappa shape index (κ3) is 9.01. The van der Waals surface area contributed by atoms with Crippen LogP contribution in [-0.4, -0.2) is 66.6 Å². The Morgan fingerprint density at radius 1 is 1.02 bits per heavy atom. The van der Waals surface area contributed by atoms with Gasteiger partial charge < -0.3 is 9.80 Å². The van der Waals surface area contributed by atoms with Crippen LogP contribution < -0.4 is 0 Å². The van der Waals surface area contributed by atoms with Gasteiger partial charge >= 0.3 is 0 Å². The van der Waals surface area contributed by atoms with Crippen molar-refractivity contribution in [2.24, 2.45) is 11.3 Å². The lowest BCUT2D eigenvalue weighted by molar-refractivity contribution is -0.138. The molecule has 40 heavy (non-hydrogen) atoms. The molecule has 0 N–H and O–H groups in total. The Morgan fingerprint density at radius 3 is 2.12 bits per heavy atom. The normalized spacial score (nSPS) is 15.1. The number of piperidine rings is 1. The van der Waals surface area contributed by atoms with Crippen molar-refractivity contribution >= 4 is 33.4 Å². The Bertz CT molecular complexity index is 1250. The predicted molar refractivity (Wildman–Crippen MR) is 156 cm³/mol. The third-order valence-electron chi connectivity index (χ3n) is 6.86. The average Bonchev–Trinajstić information content (AvgIpc) is 2.87. The summed E-state index contributed by atoms with van der Waals surface area (Å²) in [5.41, 5.74) is 0.630. The molecule has 2 aromatic carbocycles. The van der Waals surface area contributed by atoms with Gasteiger partial charge in [0.2, 0.25) is 21.8 Å². The van der Waals surface area contributed by atoms with Crippen molar-refractivity contribution in [1.82, 2.24) is 14.1 Å². The van der Waals surface area contributed by atoms with Crippen LogP contribution in [0.15, 0.2) is 53.4 Å². The highest BCUT2D eigenvalue weighted by Crippen LogP contribution is 2.25. The van der Waals surface area contributed by atoms with E-state index >= 15 is 0 Å². The summed E-state index contributed by atoms with van der Waals surface area (Å²) in [4.78, 5) is 30.3. The van der Waals surface area contributed by atoms with E-state index < -0.39 is 10.0 Å². The van der Waals surface area contributed by atoms with Crippen LogP contribution in [0.4, 0.5) is 4.39 Å². The van der Waals surface area contributed by atoms with Crippen molar-refractivity contribution < 1.29 is 22.4 Å².